The fraction of sp³-hybridized carbons (Fsp3) is 0.588. The van der Waals surface area contributed by atoms with E-state index in [0.29, 0.717) is 6.54 Å². The van der Waals surface area contributed by atoms with Gasteiger partial charge in [-0.05, 0) is 30.4 Å². The predicted octanol–water partition coefficient (Wildman–Crippen LogP) is 1.46. The van der Waals surface area contributed by atoms with E-state index in [1.54, 1.807) is 6.92 Å². The summed E-state index contributed by atoms with van der Waals surface area (Å²) in [4.78, 5) is 11.4. The van der Waals surface area contributed by atoms with Gasteiger partial charge in [0.05, 0.1) is 25.2 Å². The molecule has 1 rings (SSSR count). The smallest absolute Gasteiger partial charge is 0.306 e. The van der Waals surface area contributed by atoms with Gasteiger partial charge in [-0.15, -0.1) is 0 Å². The van der Waals surface area contributed by atoms with Gasteiger partial charge < -0.3 is 20.6 Å². The van der Waals surface area contributed by atoms with Gasteiger partial charge in [0.2, 0.25) is 0 Å². The van der Waals surface area contributed by atoms with Crippen LogP contribution in [-0.2, 0) is 4.79 Å². The predicted molar refractivity (Wildman–Crippen MR) is 85.7 cm³/mol. The number of carbonyl (C=O) groups is 1. The number of hydrogen-bond donors (Lipinski definition) is 4. The van der Waals surface area contributed by atoms with E-state index >= 15 is 0 Å². The van der Waals surface area contributed by atoms with Crippen LogP contribution >= 0.6 is 0 Å². The lowest BCUT2D eigenvalue weighted by atomic mass is 9.77. The molecule has 1 aromatic carbocycles. The van der Waals surface area contributed by atoms with Crippen LogP contribution in [0.1, 0.15) is 31.7 Å². The highest BCUT2D eigenvalue weighted by molar-refractivity contribution is 5.70. The monoisotopic (exact) mass is 309 g/mol. The van der Waals surface area contributed by atoms with Crippen LogP contribution in [0.15, 0.2) is 30.3 Å². The first kappa shape index (κ1) is 18.6. The van der Waals surface area contributed by atoms with E-state index in [0.717, 1.165) is 12.0 Å². The second-order valence-electron chi connectivity index (χ2n) is 5.69. The molecule has 22 heavy (non-hydrogen) atoms. The average molecular weight is 309 g/mol. The first-order valence-electron chi connectivity index (χ1n) is 7.77. The Morgan fingerprint density at radius 1 is 1.18 bits per heavy atom. The first-order valence-corrected chi connectivity index (χ1v) is 7.77. The van der Waals surface area contributed by atoms with Crippen molar-refractivity contribution >= 4 is 5.97 Å². The summed E-state index contributed by atoms with van der Waals surface area (Å²) in [6.07, 6.45) is 0.830. The minimum atomic E-state index is -0.828. The summed E-state index contributed by atoms with van der Waals surface area (Å²) in [7, 11) is 0. The summed E-state index contributed by atoms with van der Waals surface area (Å²) in [5.41, 5.74) is 1.12. The molecule has 124 valence electrons. The third-order valence-electron chi connectivity index (χ3n) is 4.30. The Labute approximate surface area is 132 Å². The highest BCUT2D eigenvalue weighted by Crippen LogP contribution is 2.33. The van der Waals surface area contributed by atoms with Crippen LogP contribution in [0.5, 0.6) is 0 Å². The fourth-order valence-electron chi connectivity index (χ4n) is 2.83. The molecule has 0 fully saturated rings. The molecule has 5 heteroatoms. The van der Waals surface area contributed by atoms with E-state index in [1.165, 1.54) is 0 Å². The SMILES string of the molecule is CCC(c1ccccc1)C(CNC(CO)CO)C(C)C(=O)O. The van der Waals surface area contributed by atoms with E-state index in [4.69, 9.17) is 10.2 Å². The van der Waals surface area contributed by atoms with Crippen LogP contribution in [0.3, 0.4) is 0 Å². The number of nitrogens with one attached hydrogen (secondary N) is 1. The van der Waals surface area contributed by atoms with Gasteiger partial charge in [0.1, 0.15) is 0 Å². The molecule has 0 aliphatic heterocycles. The molecule has 0 bridgehead atoms. The minimum absolute atomic E-state index is 0.109. The lowest BCUT2D eigenvalue weighted by Crippen LogP contribution is -2.42. The van der Waals surface area contributed by atoms with Crippen molar-refractivity contribution in [3.05, 3.63) is 35.9 Å². The number of aliphatic hydroxyl groups excluding tert-OH is 2. The number of rotatable bonds is 10. The quantitative estimate of drug-likeness (QED) is 0.525. The van der Waals surface area contributed by atoms with Crippen LogP contribution in [-0.4, -0.2) is 47.1 Å². The molecule has 0 spiro atoms. The standard InChI is InChI=1S/C17H27NO4/c1-3-15(13-7-5-4-6-8-13)16(12(2)17(21)22)9-18-14(10-19)11-20/h4-8,12,14-16,18-20H,3,9-11H2,1-2H3,(H,21,22). The molecule has 0 heterocycles. The normalized spacial score (nSPS) is 15.5. The molecule has 0 saturated carbocycles. The second-order valence-corrected chi connectivity index (χ2v) is 5.69. The molecule has 0 amide bonds. The number of carboxylic acid groups (broad SMARTS) is 1. The van der Waals surface area contributed by atoms with E-state index < -0.39 is 17.9 Å². The molecule has 0 saturated heterocycles. The maximum absolute atomic E-state index is 11.4. The number of aliphatic hydroxyl groups is 2. The van der Waals surface area contributed by atoms with Crippen molar-refractivity contribution in [1.82, 2.24) is 5.32 Å². The van der Waals surface area contributed by atoms with Gasteiger partial charge in [-0.25, -0.2) is 0 Å². The topological polar surface area (TPSA) is 89.8 Å². The van der Waals surface area contributed by atoms with Crippen LogP contribution in [0.2, 0.25) is 0 Å². The van der Waals surface area contributed by atoms with Crippen molar-refractivity contribution in [2.75, 3.05) is 19.8 Å². The molecule has 5 nitrogen and oxygen atoms in total. The molecular weight excluding hydrogens is 282 g/mol. The van der Waals surface area contributed by atoms with Gasteiger partial charge >= 0.3 is 5.97 Å². The Morgan fingerprint density at radius 2 is 1.77 bits per heavy atom. The minimum Gasteiger partial charge on any atom is -0.481 e. The van der Waals surface area contributed by atoms with E-state index in [-0.39, 0.29) is 25.0 Å². The van der Waals surface area contributed by atoms with Crippen LogP contribution < -0.4 is 5.32 Å². The zero-order valence-corrected chi connectivity index (χ0v) is 13.3. The Balaban J connectivity index is 2.94. The number of hydrogen-bond acceptors (Lipinski definition) is 4. The van der Waals surface area contributed by atoms with Gasteiger partial charge in [-0.3, -0.25) is 4.79 Å². The van der Waals surface area contributed by atoms with Crippen molar-refractivity contribution in [3.63, 3.8) is 0 Å². The third-order valence-corrected chi connectivity index (χ3v) is 4.30. The van der Waals surface area contributed by atoms with E-state index in [2.05, 4.69) is 12.2 Å². The summed E-state index contributed by atoms with van der Waals surface area (Å²) in [5.74, 6) is -1.36. The van der Waals surface area contributed by atoms with Crippen LogP contribution in [0.25, 0.3) is 0 Å². The van der Waals surface area contributed by atoms with Gasteiger partial charge in [0.15, 0.2) is 0 Å². The molecule has 0 aliphatic carbocycles. The molecule has 1 aromatic rings. The van der Waals surface area contributed by atoms with Crippen molar-refractivity contribution in [3.8, 4) is 0 Å². The van der Waals surface area contributed by atoms with Crippen molar-refractivity contribution < 1.29 is 20.1 Å². The van der Waals surface area contributed by atoms with Gasteiger partial charge in [0, 0.05) is 0 Å². The molecular formula is C17H27NO4. The largest absolute Gasteiger partial charge is 0.481 e. The molecule has 0 aliphatic rings. The first-order chi connectivity index (χ1) is 10.5. The highest BCUT2D eigenvalue weighted by Gasteiger charge is 2.31. The Bertz CT molecular complexity index is 434. The molecule has 3 unspecified atom stereocenters. The zero-order chi connectivity index (χ0) is 16.5. The number of carboxylic acids is 1. The molecule has 0 radical (unpaired) electrons. The Morgan fingerprint density at radius 3 is 2.23 bits per heavy atom. The second kappa shape index (κ2) is 9.56. The number of aliphatic carboxylic acids is 1. The van der Waals surface area contributed by atoms with Gasteiger partial charge in [-0.1, -0.05) is 44.2 Å². The summed E-state index contributed by atoms with van der Waals surface area (Å²) in [6.45, 7) is 3.86. The Kier molecular flexibility index (Phi) is 8.09. The average Bonchev–Trinajstić information content (AvgIpc) is 2.54. The summed E-state index contributed by atoms with van der Waals surface area (Å²) in [6, 6.07) is 9.47. The fourth-order valence-corrected chi connectivity index (χ4v) is 2.83. The van der Waals surface area contributed by atoms with Gasteiger partial charge in [-0.2, -0.15) is 0 Å². The lowest BCUT2D eigenvalue weighted by Gasteiger charge is -2.31. The van der Waals surface area contributed by atoms with Crippen molar-refractivity contribution in [2.24, 2.45) is 11.8 Å². The number of benzene rings is 1. The molecule has 3 atom stereocenters. The lowest BCUT2D eigenvalue weighted by molar-refractivity contribution is -0.143. The zero-order valence-electron chi connectivity index (χ0n) is 13.3. The van der Waals surface area contributed by atoms with Crippen molar-refractivity contribution in [2.45, 2.75) is 32.2 Å². The molecule has 4 N–H and O–H groups in total. The maximum Gasteiger partial charge on any atom is 0.306 e. The summed E-state index contributed by atoms with van der Waals surface area (Å²) >= 11 is 0. The van der Waals surface area contributed by atoms with E-state index in [9.17, 15) is 9.90 Å². The summed E-state index contributed by atoms with van der Waals surface area (Å²) < 4.78 is 0. The Hall–Kier alpha value is -1.43. The third kappa shape index (κ3) is 5.09. The van der Waals surface area contributed by atoms with Crippen LogP contribution in [0, 0.1) is 11.8 Å². The van der Waals surface area contributed by atoms with Crippen LogP contribution in [0.4, 0.5) is 0 Å². The van der Waals surface area contributed by atoms with Crippen molar-refractivity contribution in [1.29, 1.82) is 0 Å². The highest BCUT2D eigenvalue weighted by atomic mass is 16.4. The summed E-state index contributed by atoms with van der Waals surface area (Å²) in [5, 5.41) is 30.8. The maximum atomic E-state index is 11.4. The molecule has 0 aromatic heterocycles. The van der Waals surface area contributed by atoms with E-state index in [1.807, 2.05) is 30.3 Å². The van der Waals surface area contributed by atoms with Gasteiger partial charge in [0.25, 0.3) is 0 Å².